The largest absolute Gasteiger partial charge is 0.261 e. The Kier molecular flexibility index (Phi) is 5.71. The van der Waals surface area contributed by atoms with Gasteiger partial charge in [-0.25, -0.2) is 11.0 Å². The zero-order valence-electron chi connectivity index (χ0n) is 4.68. The third kappa shape index (κ3) is 5.84. The molecule has 44 valence electrons. The van der Waals surface area contributed by atoms with Crippen molar-refractivity contribution in [1.29, 1.82) is 0 Å². The molecular weight excluding hydrogens is 96.0 g/mol. The molecule has 4 heteroatoms. The summed E-state index contributed by atoms with van der Waals surface area (Å²) >= 11 is 0. The summed E-state index contributed by atoms with van der Waals surface area (Å²) in [6, 6.07) is 0. The minimum atomic E-state index is 0.326. The highest BCUT2D eigenvalue weighted by Gasteiger charge is 1.82. The van der Waals surface area contributed by atoms with Gasteiger partial charge in [-0.1, -0.05) is 0 Å². The summed E-state index contributed by atoms with van der Waals surface area (Å²) in [5.74, 6) is 0. The fourth-order valence-corrected chi connectivity index (χ4v) is 0.175. The van der Waals surface area contributed by atoms with Crippen LogP contribution in [-0.4, -0.2) is 20.9 Å². The molecule has 0 spiro atoms. The van der Waals surface area contributed by atoms with Crippen LogP contribution in [0.5, 0.6) is 0 Å². The number of rotatable bonds is 4. The smallest absolute Gasteiger partial charge is 0.201 e. The Morgan fingerprint density at radius 1 is 1.14 bits per heavy atom. The van der Waals surface area contributed by atoms with Crippen molar-refractivity contribution in [2.24, 2.45) is 0 Å². The zero-order chi connectivity index (χ0) is 5.54. The first-order valence-corrected chi connectivity index (χ1v) is 2.20. The van der Waals surface area contributed by atoms with Crippen LogP contribution >= 0.6 is 0 Å². The van der Waals surface area contributed by atoms with Crippen molar-refractivity contribution in [3.8, 4) is 0 Å². The van der Waals surface area contributed by atoms with Crippen molar-refractivity contribution in [2.45, 2.75) is 0 Å². The van der Waals surface area contributed by atoms with E-state index in [1.165, 1.54) is 0 Å². The van der Waals surface area contributed by atoms with Crippen LogP contribution in [0.15, 0.2) is 0 Å². The summed E-state index contributed by atoms with van der Waals surface area (Å²) in [5.41, 5.74) is 3.17. The normalized spacial score (nSPS) is 9.43. The minimum absolute atomic E-state index is 0.326. The van der Waals surface area contributed by atoms with E-state index < -0.39 is 0 Å². The number of nitrogens with two attached hydrogens (primary N) is 2. The second-order valence-corrected chi connectivity index (χ2v) is 0.923. The van der Waals surface area contributed by atoms with E-state index in [4.69, 9.17) is 9.68 Å². The van der Waals surface area contributed by atoms with Gasteiger partial charge in [-0.2, -0.15) is 9.68 Å². The van der Waals surface area contributed by atoms with E-state index in [1.54, 1.807) is 25.1 Å². The zero-order valence-corrected chi connectivity index (χ0v) is 4.68. The standard InChI is InChI=1S/C3H10N2O2/c1-4-6-3-7-5-2/h4-5H,3H2,1-2H3/p+2. The molecule has 0 unspecified atom stereocenters. The fourth-order valence-electron chi connectivity index (χ4n) is 0.175. The highest BCUT2D eigenvalue weighted by atomic mass is 16.8. The Bertz CT molecular complexity index is 30.1. The summed E-state index contributed by atoms with van der Waals surface area (Å²) in [6.07, 6.45) is 0. The van der Waals surface area contributed by atoms with Crippen LogP contribution in [0.3, 0.4) is 0 Å². The maximum atomic E-state index is 4.70. The molecule has 0 atom stereocenters. The molecule has 0 aromatic carbocycles. The van der Waals surface area contributed by atoms with Crippen LogP contribution in [-0.2, 0) is 9.68 Å². The van der Waals surface area contributed by atoms with Crippen molar-refractivity contribution in [2.75, 3.05) is 20.9 Å². The van der Waals surface area contributed by atoms with Gasteiger partial charge in [0.05, 0.1) is 14.1 Å². The Morgan fingerprint density at radius 2 is 1.57 bits per heavy atom. The number of hydrogen-bond acceptors (Lipinski definition) is 2. The van der Waals surface area contributed by atoms with Gasteiger partial charge in [0.1, 0.15) is 0 Å². The summed E-state index contributed by atoms with van der Waals surface area (Å²) in [6.45, 7) is 0.326. The predicted molar refractivity (Wildman–Crippen MR) is 22.7 cm³/mol. The molecule has 0 aliphatic rings. The maximum absolute atomic E-state index is 4.70. The molecule has 4 N–H and O–H groups in total. The molecule has 0 fully saturated rings. The van der Waals surface area contributed by atoms with Crippen molar-refractivity contribution in [3.63, 3.8) is 0 Å². The van der Waals surface area contributed by atoms with Crippen LogP contribution in [0.1, 0.15) is 0 Å². The maximum Gasteiger partial charge on any atom is 0.261 e. The molecule has 4 nitrogen and oxygen atoms in total. The topological polar surface area (TPSA) is 51.7 Å². The SMILES string of the molecule is C[NH2+]OCO[NH2+]C. The Hall–Kier alpha value is -0.160. The molecule has 0 saturated heterocycles. The van der Waals surface area contributed by atoms with Crippen molar-refractivity contribution in [1.82, 2.24) is 0 Å². The molecule has 0 bridgehead atoms. The van der Waals surface area contributed by atoms with Gasteiger partial charge in [0, 0.05) is 0 Å². The first-order chi connectivity index (χ1) is 3.41. The average Bonchev–Trinajstić information content (AvgIpc) is 1.69. The lowest BCUT2D eigenvalue weighted by molar-refractivity contribution is -0.943. The number of hydroxylamine groups is 2. The number of quaternary nitrogens is 2. The lowest BCUT2D eigenvalue weighted by Gasteiger charge is -1.91. The third-order valence-corrected chi connectivity index (χ3v) is 0.469. The van der Waals surface area contributed by atoms with Crippen molar-refractivity contribution in [3.05, 3.63) is 0 Å². The van der Waals surface area contributed by atoms with E-state index in [0.29, 0.717) is 6.79 Å². The monoisotopic (exact) mass is 108 g/mol. The van der Waals surface area contributed by atoms with E-state index in [2.05, 4.69) is 0 Å². The fraction of sp³-hybridized carbons (Fsp3) is 1.00. The molecule has 7 heavy (non-hydrogen) atoms. The van der Waals surface area contributed by atoms with E-state index in [1.807, 2.05) is 0 Å². The molecule has 0 radical (unpaired) electrons. The van der Waals surface area contributed by atoms with E-state index in [9.17, 15) is 0 Å². The van der Waals surface area contributed by atoms with E-state index in [0.717, 1.165) is 0 Å². The van der Waals surface area contributed by atoms with E-state index >= 15 is 0 Å². The van der Waals surface area contributed by atoms with Crippen LogP contribution in [0.4, 0.5) is 0 Å². The molecule has 0 aromatic heterocycles. The average molecular weight is 108 g/mol. The minimum Gasteiger partial charge on any atom is -0.201 e. The predicted octanol–water partition coefficient (Wildman–Crippen LogP) is -2.81. The molecule has 0 saturated carbocycles. The summed E-state index contributed by atoms with van der Waals surface area (Å²) in [7, 11) is 3.61. The van der Waals surface area contributed by atoms with Crippen LogP contribution in [0.25, 0.3) is 0 Å². The second kappa shape index (κ2) is 5.84. The van der Waals surface area contributed by atoms with Gasteiger partial charge in [0.15, 0.2) is 0 Å². The molecule has 0 amide bonds. The van der Waals surface area contributed by atoms with Crippen molar-refractivity contribution >= 4 is 0 Å². The van der Waals surface area contributed by atoms with E-state index in [-0.39, 0.29) is 0 Å². The quantitative estimate of drug-likeness (QED) is 0.232. The molecule has 0 aromatic rings. The lowest BCUT2D eigenvalue weighted by atomic mass is 11.4. The number of hydrogen-bond donors (Lipinski definition) is 2. The van der Waals surface area contributed by atoms with Gasteiger partial charge in [0.2, 0.25) is 0 Å². The van der Waals surface area contributed by atoms with Crippen LogP contribution < -0.4 is 11.0 Å². The van der Waals surface area contributed by atoms with Gasteiger partial charge in [-0.3, -0.25) is 0 Å². The Morgan fingerprint density at radius 3 is 1.86 bits per heavy atom. The first-order valence-electron chi connectivity index (χ1n) is 2.20. The molecule has 0 heterocycles. The van der Waals surface area contributed by atoms with Gasteiger partial charge in [-0.15, -0.1) is 0 Å². The highest BCUT2D eigenvalue weighted by molar-refractivity contribution is 3.67. The van der Waals surface area contributed by atoms with Gasteiger partial charge >= 0.3 is 0 Å². The third-order valence-electron chi connectivity index (χ3n) is 0.469. The first kappa shape index (κ1) is 6.84. The summed E-state index contributed by atoms with van der Waals surface area (Å²) in [4.78, 5) is 9.39. The second-order valence-electron chi connectivity index (χ2n) is 0.923. The van der Waals surface area contributed by atoms with Gasteiger partial charge in [-0.05, 0) is 0 Å². The van der Waals surface area contributed by atoms with Gasteiger partial charge < -0.3 is 0 Å². The highest BCUT2D eigenvalue weighted by Crippen LogP contribution is 1.48. The van der Waals surface area contributed by atoms with Crippen LogP contribution in [0, 0.1) is 0 Å². The molecule has 0 aliphatic heterocycles. The Balaban J connectivity index is 2.45. The summed E-state index contributed by atoms with van der Waals surface area (Å²) in [5, 5.41) is 0. The summed E-state index contributed by atoms with van der Waals surface area (Å²) < 4.78 is 0. The Labute approximate surface area is 42.7 Å². The molecule has 0 aliphatic carbocycles. The molecule has 0 rings (SSSR count). The molecular formula is C3H12N2O2+2. The van der Waals surface area contributed by atoms with Crippen molar-refractivity contribution < 1.29 is 20.6 Å². The lowest BCUT2D eigenvalue weighted by Crippen LogP contribution is -2.83. The van der Waals surface area contributed by atoms with Crippen LogP contribution in [0.2, 0.25) is 0 Å². The van der Waals surface area contributed by atoms with Gasteiger partial charge in [0.25, 0.3) is 6.79 Å².